The molecule has 0 saturated heterocycles. The Kier molecular flexibility index (Phi) is 3.20. The van der Waals surface area contributed by atoms with Gasteiger partial charge in [0.05, 0.1) is 11.4 Å². The van der Waals surface area contributed by atoms with Gasteiger partial charge in [0.25, 0.3) is 0 Å². The van der Waals surface area contributed by atoms with Crippen molar-refractivity contribution in [3.05, 3.63) is 52.8 Å². The van der Waals surface area contributed by atoms with Crippen molar-refractivity contribution >= 4 is 28.7 Å². The van der Waals surface area contributed by atoms with Crippen LogP contribution in [0.3, 0.4) is 0 Å². The van der Waals surface area contributed by atoms with Gasteiger partial charge in [-0.15, -0.1) is 0 Å². The van der Waals surface area contributed by atoms with Crippen LogP contribution in [-0.4, -0.2) is 0 Å². The lowest BCUT2D eigenvalue weighted by Crippen LogP contribution is -1.98. The molecule has 0 fully saturated rings. The summed E-state index contributed by atoms with van der Waals surface area (Å²) in [7, 11) is 0. The van der Waals surface area contributed by atoms with E-state index in [-0.39, 0.29) is 5.82 Å². The lowest BCUT2D eigenvalue weighted by molar-refractivity contribution is 0.628. The highest BCUT2D eigenvalue weighted by Gasteiger charge is 2.04. The van der Waals surface area contributed by atoms with Gasteiger partial charge in [0.1, 0.15) is 5.82 Å². The summed E-state index contributed by atoms with van der Waals surface area (Å²) in [5.74, 6) is -0.326. The Hall–Kier alpha value is -1.74. The van der Waals surface area contributed by atoms with Crippen LogP contribution in [-0.2, 0) is 0 Å². The summed E-state index contributed by atoms with van der Waals surface area (Å²) in [4.78, 5) is 0. The largest absolute Gasteiger partial charge is 0.397 e. The Morgan fingerprint density at radius 2 is 1.88 bits per heavy atom. The van der Waals surface area contributed by atoms with Crippen LogP contribution in [0.1, 0.15) is 5.56 Å². The van der Waals surface area contributed by atoms with E-state index in [1.54, 1.807) is 6.07 Å². The van der Waals surface area contributed by atoms with Gasteiger partial charge >= 0.3 is 0 Å². The summed E-state index contributed by atoms with van der Waals surface area (Å²) in [6.45, 7) is 1.92. The minimum Gasteiger partial charge on any atom is -0.397 e. The number of nitrogens with one attached hydrogen (secondary N) is 1. The van der Waals surface area contributed by atoms with E-state index >= 15 is 0 Å². The van der Waals surface area contributed by atoms with Crippen molar-refractivity contribution in [2.45, 2.75) is 6.92 Å². The maximum absolute atomic E-state index is 13.1. The fourth-order valence-electron chi connectivity index (χ4n) is 1.55. The van der Waals surface area contributed by atoms with Gasteiger partial charge in [0, 0.05) is 10.7 Å². The second kappa shape index (κ2) is 4.63. The zero-order chi connectivity index (χ0) is 12.4. The number of rotatable bonds is 2. The van der Waals surface area contributed by atoms with Crippen molar-refractivity contribution in [2.75, 3.05) is 11.1 Å². The van der Waals surface area contributed by atoms with Crippen LogP contribution < -0.4 is 11.1 Å². The second-order valence-corrected chi connectivity index (χ2v) is 4.25. The van der Waals surface area contributed by atoms with Crippen LogP contribution in [0.15, 0.2) is 36.4 Å². The van der Waals surface area contributed by atoms with Crippen LogP contribution >= 0.6 is 11.6 Å². The molecule has 2 rings (SSSR count). The minimum absolute atomic E-state index is 0.326. The zero-order valence-corrected chi connectivity index (χ0v) is 10.1. The standard InChI is InChI=1S/C13H12ClFN2/c1-8-6-9(14)2-5-12(8)17-13-7-10(15)3-4-11(13)16/h2-7,17H,16H2,1H3. The summed E-state index contributed by atoms with van der Waals surface area (Å²) in [5.41, 5.74) is 8.64. The van der Waals surface area contributed by atoms with Crippen molar-refractivity contribution < 1.29 is 4.39 Å². The van der Waals surface area contributed by atoms with E-state index in [1.807, 2.05) is 19.1 Å². The third-order valence-corrected chi connectivity index (χ3v) is 2.71. The monoisotopic (exact) mass is 250 g/mol. The number of nitrogen functional groups attached to an aromatic ring is 1. The molecule has 17 heavy (non-hydrogen) atoms. The number of hydrogen-bond donors (Lipinski definition) is 2. The summed E-state index contributed by atoms with van der Waals surface area (Å²) in [6.07, 6.45) is 0. The topological polar surface area (TPSA) is 38.0 Å². The predicted octanol–water partition coefficient (Wildman–Crippen LogP) is 4.11. The molecule has 0 unspecified atom stereocenters. The van der Waals surface area contributed by atoms with Gasteiger partial charge in [0.2, 0.25) is 0 Å². The van der Waals surface area contributed by atoms with Crippen LogP contribution in [0.5, 0.6) is 0 Å². The predicted molar refractivity (Wildman–Crippen MR) is 70.3 cm³/mol. The average molecular weight is 251 g/mol. The SMILES string of the molecule is Cc1cc(Cl)ccc1Nc1cc(F)ccc1N. The Balaban J connectivity index is 2.34. The molecule has 0 spiro atoms. The first-order valence-electron chi connectivity index (χ1n) is 5.14. The zero-order valence-electron chi connectivity index (χ0n) is 9.30. The molecule has 0 saturated carbocycles. The van der Waals surface area contributed by atoms with Gasteiger partial charge < -0.3 is 11.1 Å². The van der Waals surface area contributed by atoms with Gasteiger partial charge in [-0.05, 0) is 48.9 Å². The lowest BCUT2D eigenvalue weighted by atomic mass is 10.2. The van der Waals surface area contributed by atoms with E-state index in [0.717, 1.165) is 11.3 Å². The molecule has 0 radical (unpaired) electrons. The number of nitrogens with two attached hydrogens (primary N) is 1. The molecule has 0 aliphatic rings. The number of halogens is 2. The van der Waals surface area contributed by atoms with E-state index in [9.17, 15) is 4.39 Å². The molecule has 4 heteroatoms. The summed E-state index contributed by atoms with van der Waals surface area (Å²) < 4.78 is 13.1. The van der Waals surface area contributed by atoms with Crippen LogP contribution in [0, 0.1) is 12.7 Å². The van der Waals surface area contributed by atoms with Crippen molar-refractivity contribution in [2.24, 2.45) is 0 Å². The Morgan fingerprint density at radius 1 is 1.12 bits per heavy atom. The second-order valence-electron chi connectivity index (χ2n) is 3.82. The third-order valence-electron chi connectivity index (χ3n) is 2.47. The highest BCUT2D eigenvalue weighted by atomic mass is 35.5. The van der Waals surface area contributed by atoms with Crippen molar-refractivity contribution in [3.63, 3.8) is 0 Å². The quantitative estimate of drug-likeness (QED) is 0.787. The molecule has 88 valence electrons. The van der Waals surface area contributed by atoms with Crippen molar-refractivity contribution in [1.29, 1.82) is 0 Å². The van der Waals surface area contributed by atoms with Gasteiger partial charge in [-0.3, -0.25) is 0 Å². The van der Waals surface area contributed by atoms with Crippen LogP contribution in [0.4, 0.5) is 21.5 Å². The maximum atomic E-state index is 13.1. The highest BCUT2D eigenvalue weighted by Crippen LogP contribution is 2.27. The molecular weight excluding hydrogens is 239 g/mol. The summed E-state index contributed by atoms with van der Waals surface area (Å²) in [5, 5.41) is 3.75. The molecule has 0 aliphatic heterocycles. The molecule has 3 N–H and O–H groups in total. The number of anilines is 3. The minimum atomic E-state index is -0.326. The van der Waals surface area contributed by atoms with Crippen molar-refractivity contribution in [3.8, 4) is 0 Å². The first-order chi connectivity index (χ1) is 8.06. The van der Waals surface area contributed by atoms with Crippen LogP contribution in [0.2, 0.25) is 5.02 Å². The van der Waals surface area contributed by atoms with E-state index in [0.29, 0.717) is 16.4 Å². The fraction of sp³-hybridized carbons (Fsp3) is 0.0769. The number of aryl methyl sites for hydroxylation is 1. The Morgan fingerprint density at radius 3 is 2.59 bits per heavy atom. The highest BCUT2D eigenvalue weighted by molar-refractivity contribution is 6.30. The molecule has 2 aromatic carbocycles. The molecule has 0 aliphatic carbocycles. The van der Waals surface area contributed by atoms with Crippen LogP contribution in [0.25, 0.3) is 0 Å². The van der Waals surface area contributed by atoms with Gasteiger partial charge in [0.15, 0.2) is 0 Å². The number of benzene rings is 2. The summed E-state index contributed by atoms with van der Waals surface area (Å²) in [6, 6.07) is 9.66. The molecule has 0 amide bonds. The molecular formula is C13H12ClFN2. The Labute approximate surface area is 104 Å². The van der Waals surface area contributed by atoms with E-state index in [1.165, 1.54) is 18.2 Å². The molecule has 0 atom stereocenters. The van der Waals surface area contributed by atoms with Gasteiger partial charge in [-0.25, -0.2) is 4.39 Å². The van der Waals surface area contributed by atoms with Gasteiger partial charge in [-0.2, -0.15) is 0 Å². The molecule has 0 aromatic heterocycles. The van der Waals surface area contributed by atoms with E-state index in [2.05, 4.69) is 5.32 Å². The molecule has 2 aromatic rings. The Bertz CT molecular complexity index is 555. The third kappa shape index (κ3) is 2.68. The molecule has 0 bridgehead atoms. The fourth-order valence-corrected chi connectivity index (χ4v) is 1.78. The molecule has 0 heterocycles. The lowest BCUT2D eigenvalue weighted by Gasteiger charge is -2.12. The number of hydrogen-bond acceptors (Lipinski definition) is 2. The first-order valence-corrected chi connectivity index (χ1v) is 5.52. The first kappa shape index (κ1) is 11.7. The maximum Gasteiger partial charge on any atom is 0.125 e. The van der Waals surface area contributed by atoms with Crippen molar-refractivity contribution in [1.82, 2.24) is 0 Å². The van der Waals surface area contributed by atoms with Gasteiger partial charge in [-0.1, -0.05) is 11.6 Å². The summed E-state index contributed by atoms with van der Waals surface area (Å²) >= 11 is 5.86. The van der Waals surface area contributed by atoms with E-state index in [4.69, 9.17) is 17.3 Å². The normalized spacial score (nSPS) is 10.3. The van der Waals surface area contributed by atoms with E-state index < -0.39 is 0 Å². The molecule has 2 nitrogen and oxygen atoms in total. The average Bonchev–Trinajstić information content (AvgIpc) is 2.27. The smallest absolute Gasteiger partial charge is 0.125 e.